The Morgan fingerprint density at radius 2 is 1.21 bits per heavy atom. The molecule has 0 unspecified atom stereocenters. The summed E-state index contributed by atoms with van der Waals surface area (Å²) < 4.78 is 18.8. The molecular weight excluding hydrogens is 481 g/mol. The van der Waals surface area contributed by atoms with Crippen molar-refractivity contribution in [2.75, 3.05) is 0 Å². The maximum absolute atomic E-state index is 9.45. The lowest BCUT2D eigenvalue weighted by Crippen LogP contribution is -2.41. The Kier molecular flexibility index (Phi) is 4.87. The van der Waals surface area contributed by atoms with Crippen LogP contribution in [0.5, 0.6) is 0 Å². The predicted octanol–water partition coefficient (Wildman–Crippen LogP) is 7.73. The van der Waals surface area contributed by atoms with E-state index in [9.17, 15) is 5.26 Å². The van der Waals surface area contributed by atoms with E-state index in [4.69, 9.17) is 13.7 Å². The SMILES string of the molecule is CC1(C)c2cc(C#N)ccc2-c2ccc(-c3ccc4oc5ccc(B6OC(C)(C)C(C)(C)O6)cc5c4c3)cc21. The third-order valence-electron chi connectivity index (χ3n) is 9.16. The Bertz CT molecular complexity index is 1860. The molecule has 1 aromatic heterocycles. The molecule has 0 bridgehead atoms. The minimum atomic E-state index is -0.422. The van der Waals surface area contributed by atoms with Gasteiger partial charge in [0.1, 0.15) is 11.2 Å². The van der Waals surface area contributed by atoms with Gasteiger partial charge in [0, 0.05) is 16.2 Å². The highest BCUT2D eigenvalue weighted by molar-refractivity contribution is 6.62. The highest BCUT2D eigenvalue weighted by atomic mass is 16.7. The van der Waals surface area contributed by atoms with E-state index >= 15 is 0 Å². The minimum absolute atomic E-state index is 0.183. The molecule has 7 rings (SSSR count). The normalized spacial score (nSPS) is 18.3. The summed E-state index contributed by atoms with van der Waals surface area (Å²) in [6.07, 6.45) is 0. The zero-order valence-corrected chi connectivity index (χ0v) is 23.2. The Morgan fingerprint density at radius 1 is 0.641 bits per heavy atom. The summed E-state index contributed by atoms with van der Waals surface area (Å²) in [7, 11) is -0.422. The van der Waals surface area contributed by atoms with E-state index in [1.165, 1.54) is 22.3 Å². The molecule has 0 radical (unpaired) electrons. The molecule has 2 aliphatic rings. The summed E-state index contributed by atoms with van der Waals surface area (Å²) in [6, 6.07) is 27.7. The maximum atomic E-state index is 9.45. The first kappa shape index (κ1) is 24.2. The molecule has 2 heterocycles. The first-order valence-electron chi connectivity index (χ1n) is 13.5. The molecular formula is C34H30BNO3. The van der Waals surface area contributed by atoms with Gasteiger partial charge in [-0.1, -0.05) is 50.2 Å². The van der Waals surface area contributed by atoms with Crippen LogP contribution >= 0.6 is 0 Å². The number of fused-ring (bicyclic) bond motifs is 6. The fourth-order valence-electron chi connectivity index (χ4n) is 6.09. The van der Waals surface area contributed by atoms with Crippen LogP contribution in [0.2, 0.25) is 0 Å². The van der Waals surface area contributed by atoms with Crippen LogP contribution < -0.4 is 5.46 Å². The molecule has 0 saturated carbocycles. The lowest BCUT2D eigenvalue weighted by atomic mass is 9.78. The Labute approximate surface area is 229 Å². The smallest absolute Gasteiger partial charge is 0.456 e. The average Bonchev–Trinajstić information content (AvgIpc) is 3.47. The van der Waals surface area contributed by atoms with Crippen LogP contribution in [0, 0.1) is 11.3 Å². The third-order valence-corrected chi connectivity index (χ3v) is 9.16. The van der Waals surface area contributed by atoms with E-state index in [-0.39, 0.29) is 5.41 Å². The van der Waals surface area contributed by atoms with Crippen LogP contribution in [0.1, 0.15) is 58.2 Å². The molecule has 5 heteroatoms. The topological polar surface area (TPSA) is 55.4 Å². The number of benzene rings is 4. The number of furan rings is 1. The van der Waals surface area contributed by atoms with Crippen LogP contribution in [0.4, 0.5) is 0 Å². The van der Waals surface area contributed by atoms with Gasteiger partial charge in [-0.25, -0.2) is 0 Å². The van der Waals surface area contributed by atoms with Gasteiger partial charge in [-0.05, 0) is 103 Å². The molecule has 5 aromatic rings. The molecule has 1 fully saturated rings. The predicted molar refractivity (Wildman–Crippen MR) is 157 cm³/mol. The van der Waals surface area contributed by atoms with Crippen molar-refractivity contribution in [1.29, 1.82) is 5.26 Å². The molecule has 192 valence electrons. The van der Waals surface area contributed by atoms with Gasteiger partial charge in [0.25, 0.3) is 0 Å². The second-order valence-electron chi connectivity index (χ2n) is 12.4. The summed E-state index contributed by atoms with van der Waals surface area (Å²) in [5.74, 6) is 0. The van der Waals surface area contributed by atoms with Crippen molar-refractivity contribution < 1.29 is 13.7 Å². The van der Waals surface area contributed by atoms with Crippen molar-refractivity contribution >= 4 is 34.5 Å². The van der Waals surface area contributed by atoms with Gasteiger partial charge in [-0.3, -0.25) is 0 Å². The molecule has 1 saturated heterocycles. The van der Waals surface area contributed by atoms with Gasteiger partial charge in [-0.2, -0.15) is 5.26 Å². The fourth-order valence-corrected chi connectivity index (χ4v) is 6.09. The molecule has 0 atom stereocenters. The van der Waals surface area contributed by atoms with Crippen molar-refractivity contribution in [2.45, 2.75) is 58.2 Å². The highest BCUT2D eigenvalue weighted by Gasteiger charge is 2.51. The van der Waals surface area contributed by atoms with Crippen LogP contribution in [0.3, 0.4) is 0 Å². The van der Waals surface area contributed by atoms with Gasteiger partial charge >= 0.3 is 7.12 Å². The summed E-state index contributed by atoms with van der Waals surface area (Å²) in [4.78, 5) is 0. The monoisotopic (exact) mass is 511 g/mol. The Morgan fingerprint density at radius 3 is 1.90 bits per heavy atom. The molecule has 0 N–H and O–H groups in total. The number of hydrogen-bond acceptors (Lipinski definition) is 4. The number of hydrogen-bond donors (Lipinski definition) is 0. The first-order chi connectivity index (χ1) is 18.5. The molecule has 1 aliphatic carbocycles. The van der Waals surface area contributed by atoms with Crippen molar-refractivity contribution in [3.63, 3.8) is 0 Å². The molecule has 39 heavy (non-hydrogen) atoms. The van der Waals surface area contributed by atoms with Gasteiger partial charge in [-0.15, -0.1) is 0 Å². The second-order valence-corrected chi connectivity index (χ2v) is 12.4. The Hall–Kier alpha value is -3.85. The van der Waals surface area contributed by atoms with Crippen molar-refractivity contribution in [3.05, 3.63) is 89.5 Å². The first-order valence-corrected chi connectivity index (χ1v) is 13.5. The van der Waals surface area contributed by atoms with Crippen LogP contribution in [-0.2, 0) is 14.7 Å². The Balaban J connectivity index is 1.31. The van der Waals surface area contributed by atoms with E-state index in [0.29, 0.717) is 5.56 Å². The van der Waals surface area contributed by atoms with Crippen molar-refractivity contribution in [1.82, 2.24) is 0 Å². The quantitative estimate of drug-likeness (QED) is 0.228. The maximum Gasteiger partial charge on any atom is 0.494 e. The number of nitriles is 1. The lowest BCUT2D eigenvalue weighted by molar-refractivity contribution is 0.00578. The van der Waals surface area contributed by atoms with Crippen molar-refractivity contribution in [3.8, 4) is 28.3 Å². The van der Waals surface area contributed by atoms with Gasteiger partial charge < -0.3 is 13.7 Å². The standard InChI is InChI=1S/C34H30BNO3/c1-32(2)28-15-20(19-36)7-11-24(28)25-12-8-22(17-29(25)32)21-9-13-30-26(16-21)27-18-23(10-14-31(27)37-30)35-38-33(3,4)34(5,6)39-35/h7-18H,1-6H3. The lowest BCUT2D eigenvalue weighted by Gasteiger charge is -2.32. The number of rotatable bonds is 2. The van der Waals surface area contributed by atoms with Crippen molar-refractivity contribution in [2.24, 2.45) is 0 Å². The average molecular weight is 511 g/mol. The molecule has 4 aromatic carbocycles. The van der Waals surface area contributed by atoms with E-state index in [1.54, 1.807) is 0 Å². The van der Waals surface area contributed by atoms with Gasteiger partial charge in [0.2, 0.25) is 0 Å². The van der Waals surface area contributed by atoms with E-state index in [2.05, 4.69) is 96.1 Å². The molecule has 0 spiro atoms. The molecule has 0 amide bonds. The largest absolute Gasteiger partial charge is 0.494 e. The summed E-state index contributed by atoms with van der Waals surface area (Å²) >= 11 is 0. The molecule has 1 aliphatic heterocycles. The summed E-state index contributed by atoms with van der Waals surface area (Å²) in [5.41, 5.74) is 9.67. The zero-order valence-electron chi connectivity index (χ0n) is 23.2. The van der Waals surface area contributed by atoms with Crippen LogP contribution in [0.25, 0.3) is 44.2 Å². The fraction of sp³-hybridized carbons (Fsp3) is 0.265. The van der Waals surface area contributed by atoms with Gasteiger partial charge in [0.05, 0.1) is 22.8 Å². The second kappa shape index (κ2) is 7.85. The zero-order chi connectivity index (χ0) is 27.3. The van der Waals surface area contributed by atoms with E-state index < -0.39 is 18.3 Å². The van der Waals surface area contributed by atoms with Crippen LogP contribution in [0.15, 0.2) is 77.2 Å². The third kappa shape index (κ3) is 3.45. The van der Waals surface area contributed by atoms with Crippen LogP contribution in [-0.4, -0.2) is 18.3 Å². The minimum Gasteiger partial charge on any atom is -0.456 e. The van der Waals surface area contributed by atoms with E-state index in [1.807, 2.05) is 24.3 Å². The van der Waals surface area contributed by atoms with Gasteiger partial charge in [0.15, 0.2) is 0 Å². The number of nitrogens with zero attached hydrogens (tertiary/aromatic N) is 1. The highest BCUT2D eigenvalue weighted by Crippen LogP contribution is 2.50. The molecule has 4 nitrogen and oxygen atoms in total. The van der Waals surface area contributed by atoms with E-state index in [0.717, 1.165) is 38.5 Å². The summed E-state index contributed by atoms with van der Waals surface area (Å²) in [5, 5.41) is 11.6. The summed E-state index contributed by atoms with van der Waals surface area (Å²) in [6.45, 7) is 12.8.